The molecule has 3 nitrogen and oxygen atoms in total. The summed E-state index contributed by atoms with van der Waals surface area (Å²) in [6.07, 6.45) is 0.965. The molecule has 0 aromatic rings. The number of hydrogen-bond donors (Lipinski definition) is 1. The Kier molecular flexibility index (Phi) is 6.04. The average molecular weight is 272 g/mol. The van der Waals surface area contributed by atoms with Gasteiger partial charge in [-0.15, -0.1) is 0 Å². The lowest BCUT2D eigenvalue weighted by Gasteiger charge is -2.41. The summed E-state index contributed by atoms with van der Waals surface area (Å²) >= 11 is 0. The monoisotopic (exact) mass is 272 g/mol. The zero-order valence-corrected chi connectivity index (χ0v) is 13.2. The topological polar surface area (TPSA) is 38.7 Å². The molecule has 0 radical (unpaired) electrons. The molecular weight excluding hydrogens is 244 g/mol. The Labute approximate surface area is 112 Å². The summed E-state index contributed by atoms with van der Waals surface area (Å²) in [5.41, 5.74) is 0.874. The molecule has 4 heteroatoms. The van der Waals surface area contributed by atoms with Gasteiger partial charge in [0.15, 0.2) is 8.32 Å². The van der Waals surface area contributed by atoms with Gasteiger partial charge in [0, 0.05) is 7.11 Å². The SMILES string of the molecule is C=C1CC[C@@H](O[Si](CC)(CC)CC)[C@@H](OC)[C@@H]1O. The van der Waals surface area contributed by atoms with E-state index in [1.54, 1.807) is 7.11 Å². The van der Waals surface area contributed by atoms with Crippen LogP contribution in [0.2, 0.25) is 18.1 Å². The standard InChI is InChI=1S/C14H28O3Si/c1-6-18(7-2,8-3)17-12-10-9-11(4)13(15)14(12)16-5/h12-15H,4,6-10H2,1-3,5H3/t12-,13-,14-/m1/s1. The van der Waals surface area contributed by atoms with Gasteiger partial charge in [-0.25, -0.2) is 0 Å². The van der Waals surface area contributed by atoms with Crippen molar-refractivity contribution in [1.29, 1.82) is 0 Å². The third kappa shape index (κ3) is 3.23. The van der Waals surface area contributed by atoms with E-state index in [4.69, 9.17) is 9.16 Å². The molecule has 106 valence electrons. The van der Waals surface area contributed by atoms with E-state index < -0.39 is 14.4 Å². The van der Waals surface area contributed by atoms with Crippen LogP contribution in [0.1, 0.15) is 33.6 Å². The number of aliphatic hydroxyl groups is 1. The second kappa shape index (κ2) is 6.85. The van der Waals surface area contributed by atoms with Gasteiger partial charge in [-0.2, -0.15) is 0 Å². The molecule has 1 saturated carbocycles. The van der Waals surface area contributed by atoms with Crippen LogP contribution in [0.4, 0.5) is 0 Å². The second-order valence-corrected chi connectivity index (χ2v) is 9.97. The zero-order valence-electron chi connectivity index (χ0n) is 12.2. The fourth-order valence-corrected chi connectivity index (χ4v) is 5.70. The van der Waals surface area contributed by atoms with Gasteiger partial charge in [-0.05, 0) is 36.5 Å². The third-order valence-corrected chi connectivity index (χ3v) is 9.12. The first-order chi connectivity index (χ1) is 8.53. The first-order valence-electron chi connectivity index (χ1n) is 7.09. The van der Waals surface area contributed by atoms with Gasteiger partial charge in [0.25, 0.3) is 0 Å². The Morgan fingerprint density at radius 2 is 1.83 bits per heavy atom. The van der Waals surface area contributed by atoms with E-state index in [1.165, 1.54) is 0 Å². The van der Waals surface area contributed by atoms with Crippen LogP contribution < -0.4 is 0 Å². The van der Waals surface area contributed by atoms with E-state index in [0.29, 0.717) is 0 Å². The normalized spacial score (nSPS) is 29.6. The van der Waals surface area contributed by atoms with E-state index in [-0.39, 0.29) is 12.2 Å². The Bertz CT molecular complexity index is 268. The van der Waals surface area contributed by atoms with Crippen molar-refractivity contribution in [1.82, 2.24) is 0 Å². The molecule has 0 amide bonds. The van der Waals surface area contributed by atoms with Crippen molar-refractivity contribution in [3.8, 4) is 0 Å². The highest BCUT2D eigenvalue weighted by Crippen LogP contribution is 2.32. The van der Waals surface area contributed by atoms with E-state index in [9.17, 15) is 5.11 Å². The summed E-state index contributed by atoms with van der Waals surface area (Å²) in [5.74, 6) is 0. The smallest absolute Gasteiger partial charge is 0.192 e. The molecule has 0 spiro atoms. The highest BCUT2D eigenvalue weighted by atomic mass is 28.4. The summed E-state index contributed by atoms with van der Waals surface area (Å²) in [5, 5.41) is 10.1. The molecule has 0 bridgehead atoms. The van der Waals surface area contributed by atoms with Crippen LogP contribution in [0.3, 0.4) is 0 Å². The van der Waals surface area contributed by atoms with Crippen molar-refractivity contribution in [2.75, 3.05) is 7.11 Å². The Balaban J connectivity index is 2.78. The maximum Gasteiger partial charge on any atom is 0.192 e. The molecule has 1 fully saturated rings. The minimum absolute atomic E-state index is 0.0296. The maximum absolute atomic E-state index is 10.1. The molecule has 1 N–H and O–H groups in total. The van der Waals surface area contributed by atoms with E-state index in [1.807, 2.05) is 0 Å². The third-order valence-electron chi connectivity index (χ3n) is 4.45. The summed E-state index contributed by atoms with van der Waals surface area (Å²) < 4.78 is 11.9. The second-order valence-electron chi connectivity index (χ2n) is 5.24. The highest BCUT2D eigenvalue weighted by molar-refractivity contribution is 6.73. The van der Waals surface area contributed by atoms with Crippen LogP contribution in [0.15, 0.2) is 12.2 Å². The van der Waals surface area contributed by atoms with Crippen molar-refractivity contribution in [2.45, 2.75) is 70.1 Å². The van der Waals surface area contributed by atoms with Crippen LogP contribution >= 0.6 is 0 Å². The molecule has 0 heterocycles. The lowest BCUT2D eigenvalue weighted by molar-refractivity contribution is -0.0782. The van der Waals surface area contributed by atoms with E-state index >= 15 is 0 Å². The number of hydrogen-bond acceptors (Lipinski definition) is 3. The Hall–Kier alpha value is -0.163. The van der Waals surface area contributed by atoms with Crippen molar-refractivity contribution < 1.29 is 14.3 Å². The summed E-state index contributed by atoms with van der Waals surface area (Å²) in [6.45, 7) is 10.6. The quantitative estimate of drug-likeness (QED) is 0.596. The molecule has 0 aromatic carbocycles. The molecule has 0 aromatic heterocycles. The first-order valence-corrected chi connectivity index (χ1v) is 9.62. The van der Waals surface area contributed by atoms with Crippen LogP contribution in [-0.4, -0.2) is 38.8 Å². The van der Waals surface area contributed by atoms with E-state index in [2.05, 4.69) is 27.4 Å². The van der Waals surface area contributed by atoms with Gasteiger partial charge in [0.1, 0.15) is 12.2 Å². The molecule has 3 atom stereocenters. The van der Waals surface area contributed by atoms with Crippen molar-refractivity contribution >= 4 is 8.32 Å². The lowest BCUT2D eigenvalue weighted by Crippen LogP contribution is -2.51. The van der Waals surface area contributed by atoms with Crippen molar-refractivity contribution in [3.05, 3.63) is 12.2 Å². The number of rotatable bonds is 6. The molecule has 0 aliphatic heterocycles. The fourth-order valence-electron chi connectivity index (χ4n) is 2.80. The number of aliphatic hydroxyl groups excluding tert-OH is 1. The van der Waals surface area contributed by atoms with Crippen molar-refractivity contribution in [3.63, 3.8) is 0 Å². The molecular formula is C14H28O3Si. The number of methoxy groups -OCH3 is 1. The van der Waals surface area contributed by atoms with Crippen LogP contribution in [0.5, 0.6) is 0 Å². The zero-order chi connectivity index (χ0) is 13.8. The molecule has 0 unspecified atom stereocenters. The summed E-state index contributed by atoms with van der Waals surface area (Å²) in [7, 11) is 0.0135. The molecule has 0 saturated heterocycles. The highest BCUT2D eigenvalue weighted by Gasteiger charge is 2.40. The van der Waals surface area contributed by atoms with Gasteiger partial charge in [0.2, 0.25) is 0 Å². The van der Waals surface area contributed by atoms with Gasteiger partial charge < -0.3 is 14.3 Å². The molecule has 1 aliphatic rings. The van der Waals surface area contributed by atoms with Crippen LogP contribution in [-0.2, 0) is 9.16 Å². The molecule has 1 aliphatic carbocycles. The van der Waals surface area contributed by atoms with Gasteiger partial charge in [-0.3, -0.25) is 0 Å². The predicted molar refractivity (Wildman–Crippen MR) is 77.2 cm³/mol. The van der Waals surface area contributed by atoms with Crippen LogP contribution in [0.25, 0.3) is 0 Å². The summed E-state index contributed by atoms with van der Waals surface area (Å²) in [6, 6.07) is 3.39. The molecule has 1 rings (SSSR count). The van der Waals surface area contributed by atoms with Gasteiger partial charge >= 0.3 is 0 Å². The minimum atomic E-state index is -1.64. The summed E-state index contributed by atoms with van der Waals surface area (Å²) in [4.78, 5) is 0. The van der Waals surface area contributed by atoms with Crippen LogP contribution in [0, 0.1) is 0 Å². The van der Waals surface area contributed by atoms with Gasteiger partial charge in [0.05, 0.1) is 6.10 Å². The Morgan fingerprint density at radius 3 is 2.28 bits per heavy atom. The first kappa shape index (κ1) is 15.9. The predicted octanol–water partition coefficient (Wildman–Crippen LogP) is 3.10. The fraction of sp³-hybridized carbons (Fsp3) is 0.857. The van der Waals surface area contributed by atoms with Gasteiger partial charge in [-0.1, -0.05) is 27.4 Å². The lowest BCUT2D eigenvalue weighted by atomic mass is 9.88. The molecule has 18 heavy (non-hydrogen) atoms. The number of ether oxygens (including phenoxy) is 1. The average Bonchev–Trinajstić information content (AvgIpc) is 2.40. The van der Waals surface area contributed by atoms with E-state index in [0.717, 1.165) is 36.5 Å². The minimum Gasteiger partial charge on any atom is -0.411 e. The Morgan fingerprint density at radius 1 is 1.28 bits per heavy atom. The largest absolute Gasteiger partial charge is 0.411 e. The van der Waals surface area contributed by atoms with Crippen molar-refractivity contribution in [2.24, 2.45) is 0 Å². The maximum atomic E-state index is 10.1.